The summed E-state index contributed by atoms with van der Waals surface area (Å²) < 4.78 is 0. The molecular weight excluding hydrogens is 268 g/mol. The number of rotatable bonds is 5. The van der Waals surface area contributed by atoms with Gasteiger partial charge < -0.3 is 21.0 Å². The Bertz CT molecular complexity index is 694. The van der Waals surface area contributed by atoms with E-state index in [2.05, 4.69) is 5.32 Å². The Labute approximate surface area is 121 Å². The minimum Gasteiger partial charge on any atom is -0.543 e. The molecule has 0 atom stereocenters. The summed E-state index contributed by atoms with van der Waals surface area (Å²) in [4.78, 5) is 23.1. The van der Waals surface area contributed by atoms with E-state index in [9.17, 15) is 14.7 Å². The second-order valence-corrected chi connectivity index (χ2v) is 4.29. The Morgan fingerprint density at radius 1 is 1.00 bits per heavy atom. The zero-order chi connectivity index (χ0) is 15.2. The van der Waals surface area contributed by atoms with Crippen LogP contribution in [0.2, 0.25) is 0 Å². The van der Waals surface area contributed by atoms with Crippen LogP contribution >= 0.6 is 0 Å². The molecule has 0 spiro atoms. The fourth-order valence-electron chi connectivity index (χ4n) is 1.72. The van der Waals surface area contributed by atoms with Gasteiger partial charge in [-0.1, -0.05) is 42.5 Å². The number of ketones is 1. The Morgan fingerprint density at radius 3 is 2.24 bits per heavy atom. The largest absolute Gasteiger partial charge is 0.543 e. The fraction of sp³-hybridized carbons (Fsp3) is 0. The molecule has 0 aromatic heterocycles. The van der Waals surface area contributed by atoms with E-state index in [1.807, 2.05) is 0 Å². The lowest BCUT2D eigenvalue weighted by Crippen LogP contribution is -2.29. The second-order valence-electron chi connectivity index (χ2n) is 4.29. The minimum absolute atomic E-state index is 0.346. The van der Waals surface area contributed by atoms with E-state index in [0.29, 0.717) is 16.9 Å². The summed E-state index contributed by atoms with van der Waals surface area (Å²) in [5.41, 5.74) is 6.53. The molecule has 0 radical (unpaired) electrons. The molecule has 106 valence electrons. The maximum Gasteiger partial charge on any atom is 0.187 e. The van der Waals surface area contributed by atoms with E-state index in [4.69, 9.17) is 5.73 Å². The molecule has 2 aromatic carbocycles. The van der Waals surface area contributed by atoms with Crippen molar-refractivity contribution in [1.82, 2.24) is 0 Å². The molecule has 2 aromatic rings. The van der Waals surface area contributed by atoms with Crippen molar-refractivity contribution in [3.63, 3.8) is 0 Å². The van der Waals surface area contributed by atoms with Crippen molar-refractivity contribution >= 4 is 23.1 Å². The van der Waals surface area contributed by atoms with Crippen LogP contribution < -0.4 is 16.2 Å². The molecule has 2 rings (SSSR count). The van der Waals surface area contributed by atoms with Crippen LogP contribution in [0.25, 0.3) is 0 Å². The van der Waals surface area contributed by atoms with Gasteiger partial charge in [-0.25, -0.2) is 0 Å². The van der Waals surface area contributed by atoms with Crippen molar-refractivity contribution in [3.05, 3.63) is 71.9 Å². The average molecular weight is 281 g/mol. The second kappa shape index (κ2) is 6.38. The van der Waals surface area contributed by atoms with Crippen molar-refractivity contribution in [2.24, 2.45) is 0 Å². The lowest BCUT2D eigenvalue weighted by Gasteiger charge is -2.13. The molecule has 0 fully saturated rings. The number of para-hydroxylation sites is 2. The Balaban J connectivity index is 2.28. The molecule has 0 saturated heterocycles. The molecular formula is C16H13N2O3-. The van der Waals surface area contributed by atoms with Gasteiger partial charge in [0, 0.05) is 11.6 Å². The van der Waals surface area contributed by atoms with Gasteiger partial charge in [-0.3, -0.25) is 4.79 Å². The first-order valence-electron chi connectivity index (χ1n) is 6.22. The highest BCUT2D eigenvalue weighted by atomic mass is 16.4. The number of nitrogens with one attached hydrogen (secondary N) is 1. The van der Waals surface area contributed by atoms with Crippen LogP contribution in [0.1, 0.15) is 10.4 Å². The number of nitrogens with two attached hydrogens (primary N) is 1. The van der Waals surface area contributed by atoms with E-state index in [1.54, 1.807) is 54.6 Å². The number of nitrogen functional groups attached to an aromatic ring is 1. The number of hydrogen-bond acceptors (Lipinski definition) is 5. The normalized spacial score (nSPS) is 11.0. The first-order chi connectivity index (χ1) is 10.1. The third kappa shape index (κ3) is 3.70. The van der Waals surface area contributed by atoms with Gasteiger partial charge in [0.2, 0.25) is 0 Å². The van der Waals surface area contributed by atoms with Crippen LogP contribution in [0.5, 0.6) is 0 Å². The quantitative estimate of drug-likeness (QED) is 0.488. The van der Waals surface area contributed by atoms with Gasteiger partial charge in [-0.05, 0) is 12.1 Å². The number of carbonyl (C=O) groups excluding carboxylic acids is 2. The van der Waals surface area contributed by atoms with Gasteiger partial charge in [0.1, 0.15) is 0 Å². The molecule has 0 heterocycles. The first kappa shape index (κ1) is 14.3. The smallest absolute Gasteiger partial charge is 0.187 e. The third-order valence-corrected chi connectivity index (χ3v) is 2.78. The van der Waals surface area contributed by atoms with E-state index in [-0.39, 0.29) is 5.70 Å². The van der Waals surface area contributed by atoms with Crippen LogP contribution in [0.15, 0.2) is 66.4 Å². The molecule has 0 amide bonds. The lowest BCUT2D eigenvalue weighted by atomic mass is 10.1. The van der Waals surface area contributed by atoms with E-state index in [0.717, 1.165) is 6.08 Å². The number of anilines is 2. The number of carbonyl (C=O) groups is 2. The Morgan fingerprint density at radius 2 is 1.62 bits per heavy atom. The van der Waals surface area contributed by atoms with Crippen LogP contribution in [0, 0.1) is 0 Å². The zero-order valence-electron chi connectivity index (χ0n) is 11.1. The summed E-state index contributed by atoms with van der Waals surface area (Å²) in [6.07, 6.45) is 0.983. The number of hydrogen-bond donors (Lipinski definition) is 2. The number of allylic oxidation sites excluding steroid dienone is 1. The predicted molar refractivity (Wildman–Crippen MR) is 78.3 cm³/mol. The molecule has 0 aliphatic rings. The van der Waals surface area contributed by atoms with Gasteiger partial charge in [-0.15, -0.1) is 0 Å². The Kier molecular flexibility index (Phi) is 4.36. The highest BCUT2D eigenvalue weighted by Crippen LogP contribution is 2.19. The molecule has 21 heavy (non-hydrogen) atoms. The first-order valence-corrected chi connectivity index (χ1v) is 6.22. The molecule has 0 bridgehead atoms. The molecule has 0 aliphatic heterocycles. The summed E-state index contributed by atoms with van der Waals surface area (Å²) in [6, 6.07) is 15.0. The monoisotopic (exact) mass is 281 g/mol. The van der Waals surface area contributed by atoms with Gasteiger partial charge in [-0.2, -0.15) is 0 Å². The summed E-state index contributed by atoms with van der Waals surface area (Å²) in [5.74, 6) is -1.92. The van der Waals surface area contributed by atoms with E-state index >= 15 is 0 Å². The topological polar surface area (TPSA) is 95.2 Å². The van der Waals surface area contributed by atoms with Crippen molar-refractivity contribution in [1.29, 1.82) is 0 Å². The van der Waals surface area contributed by atoms with Crippen LogP contribution in [-0.4, -0.2) is 11.8 Å². The van der Waals surface area contributed by atoms with Crippen LogP contribution in [0.4, 0.5) is 11.4 Å². The van der Waals surface area contributed by atoms with Crippen molar-refractivity contribution < 1.29 is 14.7 Å². The molecule has 0 saturated carbocycles. The minimum atomic E-state index is -1.48. The predicted octanol–water partition coefficient (Wildman–Crippen LogP) is 1.20. The maximum absolute atomic E-state index is 12.0. The standard InChI is InChI=1S/C16H14N2O3/c17-12-8-4-5-9-13(12)18-14(16(20)21)10-15(19)11-6-2-1-3-7-11/h1-10,18H,17H2,(H,20,21)/p-1/b14-10+. The van der Waals surface area contributed by atoms with Crippen molar-refractivity contribution in [3.8, 4) is 0 Å². The van der Waals surface area contributed by atoms with E-state index in [1.165, 1.54) is 0 Å². The third-order valence-electron chi connectivity index (χ3n) is 2.78. The van der Waals surface area contributed by atoms with Gasteiger partial charge in [0.25, 0.3) is 0 Å². The summed E-state index contributed by atoms with van der Waals surface area (Å²) in [6.45, 7) is 0. The summed E-state index contributed by atoms with van der Waals surface area (Å²) >= 11 is 0. The lowest BCUT2D eigenvalue weighted by molar-refractivity contribution is -0.299. The molecule has 0 aliphatic carbocycles. The summed E-state index contributed by atoms with van der Waals surface area (Å²) in [7, 11) is 0. The van der Waals surface area contributed by atoms with Crippen molar-refractivity contribution in [2.75, 3.05) is 11.1 Å². The number of carboxylic acids is 1. The van der Waals surface area contributed by atoms with Gasteiger partial charge in [0.15, 0.2) is 5.78 Å². The van der Waals surface area contributed by atoms with Crippen LogP contribution in [0.3, 0.4) is 0 Å². The number of aliphatic carboxylic acids is 1. The Hall–Kier alpha value is -3.08. The average Bonchev–Trinajstić information content (AvgIpc) is 2.49. The highest BCUT2D eigenvalue weighted by Gasteiger charge is 2.07. The van der Waals surface area contributed by atoms with Gasteiger partial charge in [0.05, 0.1) is 23.0 Å². The van der Waals surface area contributed by atoms with Crippen molar-refractivity contribution in [2.45, 2.75) is 0 Å². The van der Waals surface area contributed by atoms with Crippen LogP contribution in [-0.2, 0) is 4.79 Å². The molecule has 5 heteroatoms. The highest BCUT2D eigenvalue weighted by molar-refractivity contribution is 6.09. The van der Waals surface area contributed by atoms with E-state index < -0.39 is 11.8 Å². The summed E-state index contributed by atoms with van der Waals surface area (Å²) in [5, 5.41) is 13.7. The number of benzene rings is 2. The maximum atomic E-state index is 12.0. The zero-order valence-corrected chi connectivity index (χ0v) is 11.1. The molecule has 0 unspecified atom stereocenters. The van der Waals surface area contributed by atoms with Gasteiger partial charge >= 0.3 is 0 Å². The fourth-order valence-corrected chi connectivity index (χ4v) is 1.72. The molecule has 5 nitrogen and oxygen atoms in total. The number of carboxylic acid groups (broad SMARTS) is 1. The SMILES string of the molecule is Nc1ccccc1N/C(=C/C(=O)c1ccccc1)C(=O)[O-]. The molecule has 3 N–H and O–H groups in total.